The minimum atomic E-state index is -0.724. The Kier molecular flexibility index (Phi) is 6.25. The molecule has 2 amide bonds. The Bertz CT molecular complexity index is 1320. The topological polar surface area (TPSA) is 109 Å². The van der Waals surface area contributed by atoms with Crippen LogP contribution in [0.4, 0.5) is 0 Å². The summed E-state index contributed by atoms with van der Waals surface area (Å²) in [5, 5.41) is 8.21. The number of hydrogen-bond acceptors (Lipinski definition) is 7. The molecular weight excluding hydrogens is 502 g/mol. The van der Waals surface area contributed by atoms with Gasteiger partial charge in [0.15, 0.2) is 10.8 Å². The highest BCUT2D eigenvalue weighted by molar-refractivity contribution is 7.13. The molecule has 3 aliphatic rings. The lowest BCUT2D eigenvalue weighted by Gasteiger charge is -2.41. The second kappa shape index (κ2) is 9.42. The van der Waals surface area contributed by atoms with E-state index in [9.17, 15) is 9.59 Å². The highest BCUT2D eigenvalue weighted by Gasteiger charge is 2.46. The van der Waals surface area contributed by atoms with Gasteiger partial charge in [-0.15, -0.1) is 11.3 Å². The maximum absolute atomic E-state index is 13.3. The van der Waals surface area contributed by atoms with Crippen LogP contribution in [0.5, 0.6) is 0 Å². The molecule has 0 radical (unpaired) electrons. The van der Waals surface area contributed by atoms with E-state index in [1.807, 2.05) is 12.1 Å². The van der Waals surface area contributed by atoms with Crippen LogP contribution < -0.4 is 10.6 Å². The summed E-state index contributed by atoms with van der Waals surface area (Å²) in [7, 11) is 2.07. The zero-order valence-electron chi connectivity index (χ0n) is 19.9. The third kappa shape index (κ3) is 4.64. The fraction of sp³-hybridized carbons (Fsp3) is 0.480. The molecule has 1 aliphatic carbocycles. The van der Waals surface area contributed by atoms with Gasteiger partial charge in [-0.1, -0.05) is 11.6 Å². The summed E-state index contributed by atoms with van der Waals surface area (Å²) in [5.74, 6) is -1.18. The van der Waals surface area contributed by atoms with E-state index >= 15 is 0 Å². The predicted molar refractivity (Wildman–Crippen MR) is 136 cm³/mol. The van der Waals surface area contributed by atoms with Gasteiger partial charge in [0.1, 0.15) is 5.69 Å². The first-order valence-electron chi connectivity index (χ1n) is 12.2. The van der Waals surface area contributed by atoms with Gasteiger partial charge >= 0.3 is 0 Å². The van der Waals surface area contributed by atoms with Crippen LogP contribution in [0.2, 0.25) is 5.02 Å². The quantitative estimate of drug-likeness (QED) is 0.479. The second-order valence-electron chi connectivity index (χ2n) is 9.80. The van der Waals surface area contributed by atoms with Crippen LogP contribution in [-0.4, -0.2) is 71.4 Å². The van der Waals surface area contributed by atoms with Crippen LogP contribution in [0.25, 0.3) is 10.9 Å². The van der Waals surface area contributed by atoms with Gasteiger partial charge in [0, 0.05) is 59.2 Å². The Morgan fingerprint density at radius 3 is 2.83 bits per heavy atom. The SMILES string of the molecule is CN1CCc2nc(C(=O)N[C@H]3CCC4(C[C@H]3NC(=O)c3cc5cc(Cl)ccc5[nH]3)OCCO4)sc2C1. The van der Waals surface area contributed by atoms with Gasteiger partial charge in [0.25, 0.3) is 11.8 Å². The van der Waals surface area contributed by atoms with Gasteiger partial charge in [-0.05, 0) is 37.7 Å². The van der Waals surface area contributed by atoms with Crippen molar-refractivity contribution in [1.29, 1.82) is 0 Å². The van der Waals surface area contributed by atoms with Crippen molar-refractivity contribution in [2.45, 2.75) is 50.1 Å². The minimum absolute atomic E-state index is 0.203. The van der Waals surface area contributed by atoms with E-state index in [0.29, 0.717) is 48.2 Å². The first-order valence-corrected chi connectivity index (χ1v) is 13.4. The van der Waals surface area contributed by atoms with Gasteiger partial charge < -0.3 is 30.0 Å². The summed E-state index contributed by atoms with van der Waals surface area (Å²) in [6.07, 6.45) is 2.57. The van der Waals surface area contributed by atoms with E-state index in [-0.39, 0.29) is 23.9 Å². The number of benzene rings is 1. The first kappa shape index (κ1) is 23.9. The van der Waals surface area contributed by atoms with E-state index in [1.165, 1.54) is 11.3 Å². The van der Waals surface area contributed by atoms with Crippen LogP contribution in [0, 0.1) is 0 Å². The Morgan fingerprint density at radius 1 is 1.19 bits per heavy atom. The molecule has 9 nitrogen and oxygen atoms in total. The Hall–Kier alpha value is -2.50. The summed E-state index contributed by atoms with van der Waals surface area (Å²) >= 11 is 7.55. The lowest BCUT2D eigenvalue weighted by Crippen LogP contribution is -2.58. The molecule has 1 saturated heterocycles. The number of carbonyl (C=O) groups excluding carboxylic acids is 2. The molecule has 190 valence electrons. The molecule has 2 fully saturated rings. The van der Waals surface area contributed by atoms with Crippen molar-refractivity contribution in [3.05, 3.63) is 50.6 Å². The largest absolute Gasteiger partial charge is 0.351 e. The summed E-state index contributed by atoms with van der Waals surface area (Å²) in [4.78, 5) is 37.6. The number of aromatic amines is 1. The molecule has 0 bridgehead atoms. The number of nitrogens with zero attached hydrogens (tertiary/aromatic N) is 2. The van der Waals surface area contributed by atoms with E-state index in [4.69, 9.17) is 21.1 Å². The zero-order chi connectivity index (χ0) is 24.9. The van der Waals surface area contributed by atoms with Crippen molar-refractivity contribution in [1.82, 2.24) is 25.5 Å². The molecule has 1 spiro atoms. The number of thiazole rings is 1. The number of hydrogen-bond donors (Lipinski definition) is 3. The maximum Gasteiger partial charge on any atom is 0.280 e. The van der Waals surface area contributed by atoms with Gasteiger partial charge in [-0.25, -0.2) is 4.98 Å². The smallest absolute Gasteiger partial charge is 0.280 e. The molecule has 2 aliphatic heterocycles. The van der Waals surface area contributed by atoms with Crippen molar-refractivity contribution in [3.8, 4) is 0 Å². The van der Waals surface area contributed by atoms with Crippen molar-refractivity contribution < 1.29 is 19.1 Å². The molecule has 4 heterocycles. The molecule has 2 atom stereocenters. The van der Waals surface area contributed by atoms with E-state index < -0.39 is 5.79 Å². The zero-order valence-corrected chi connectivity index (χ0v) is 21.5. The molecule has 3 aromatic rings. The van der Waals surface area contributed by atoms with E-state index in [1.54, 1.807) is 12.1 Å². The van der Waals surface area contributed by atoms with Crippen LogP contribution in [0.1, 0.15) is 50.1 Å². The number of ether oxygens (including phenoxy) is 2. The van der Waals surface area contributed by atoms with Crippen molar-refractivity contribution in [2.75, 3.05) is 26.8 Å². The molecule has 1 saturated carbocycles. The third-order valence-electron chi connectivity index (χ3n) is 7.24. The molecule has 0 unspecified atom stereocenters. The van der Waals surface area contributed by atoms with Crippen LogP contribution in [0.3, 0.4) is 0 Å². The number of fused-ring (bicyclic) bond motifs is 2. The number of amides is 2. The van der Waals surface area contributed by atoms with Gasteiger partial charge in [0.2, 0.25) is 0 Å². The average Bonchev–Trinajstić information content (AvgIpc) is 3.58. The molecule has 36 heavy (non-hydrogen) atoms. The number of halogens is 1. The second-order valence-corrected chi connectivity index (χ2v) is 11.3. The van der Waals surface area contributed by atoms with Crippen molar-refractivity contribution in [3.63, 3.8) is 0 Å². The molecular formula is C25H28ClN5O4S. The van der Waals surface area contributed by atoms with Crippen LogP contribution in [-0.2, 0) is 22.4 Å². The number of H-pyrrole nitrogens is 1. The van der Waals surface area contributed by atoms with Crippen LogP contribution in [0.15, 0.2) is 24.3 Å². The lowest BCUT2D eigenvalue weighted by atomic mass is 9.85. The Morgan fingerprint density at radius 2 is 2.00 bits per heavy atom. The fourth-order valence-corrected chi connectivity index (χ4v) is 6.63. The molecule has 11 heteroatoms. The van der Waals surface area contributed by atoms with E-state index in [2.05, 4.69) is 32.5 Å². The summed E-state index contributed by atoms with van der Waals surface area (Å²) in [6.45, 7) is 2.81. The number of likely N-dealkylation sites (N-methyl/N-ethyl adjacent to an activating group) is 1. The number of aromatic nitrogens is 2. The third-order valence-corrected chi connectivity index (χ3v) is 8.56. The maximum atomic E-state index is 13.3. The predicted octanol–water partition coefficient (Wildman–Crippen LogP) is 3.09. The molecule has 2 aromatic heterocycles. The number of nitrogens with one attached hydrogen (secondary N) is 3. The van der Waals surface area contributed by atoms with Crippen molar-refractivity contribution >= 4 is 45.7 Å². The molecule has 3 N–H and O–H groups in total. The normalized spacial score (nSPS) is 23.6. The lowest BCUT2D eigenvalue weighted by molar-refractivity contribution is -0.184. The standard InChI is InChI=1S/C25H28ClN5O4S/c1-31-7-5-18-21(13-31)36-24(30-18)23(33)28-17-4-6-25(34-8-9-35-25)12-20(17)29-22(32)19-11-14-10-15(26)2-3-16(14)27-19/h2-3,10-11,17,20,27H,4-9,12-13H2,1H3,(H,28,33)(H,29,32)/t17-,20+/m0/s1. The average molecular weight is 530 g/mol. The number of carbonyl (C=O) groups is 2. The highest BCUT2D eigenvalue weighted by Crippen LogP contribution is 2.36. The summed E-state index contributed by atoms with van der Waals surface area (Å²) in [6, 6.07) is 6.57. The minimum Gasteiger partial charge on any atom is -0.351 e. The van der Waals surface area contributed by atoms with Gasteiger partial charge in [-0.2, -0.15) is 0 Å². The van der Waals surface area contributed by atoms with Gasteiger partial charge in [-0.3, -0.25) is 9.59 Å². The first-order chi connectivity index (χ1) is 17.4. The molecule has 6 rings (SSSR count). The van der Waals surface area contributed by atoms with Gasteiger partial charge in [0.05, 0.1) is 24.9 Å². The Balaban J connectivity index is 1.20. The summed E-state index contributed by atoms with van der Waals surface area (Å²) in [5.41, 5.74) is 2.28. The summed E-state index contributed by atoms with van der Waals surface area (Å²) < 4.78 is 11.9. The molecule has 1 aromatic carbocycles. The van der Waals surface area contributed by atoms with E-state index in [0.717, 1.165) is 41.0 Å². The van der Waals surface area contributed by atoms with Crippen molar-refractivity contribution in [2.24, 2.45) is 0 Å². The monoisotopic (exact) mass is 529 g/mol. The number of rotatable bonds is 4. The fourth-order valence-electron chi connectivity index (χ4n) is 5.36. The van der Waals surface area contributed by atoms with Crippen LogP contribution >= 0.6 is 22.9 Å². The highest BCUT2D eigenvalue weighted by atomic mass is 35.5. The Labute approximate surface area is 217 Å².